The van der Waals surface area contributed by atoms with Crippen molar-refractivity contribution in [2.75, 3.05) is 25.0 Å². The average molecular weight is 369 g/mol. The van der Waals surface area contributed by atoms with Gasteiger partial charge in [-0.3, -0.25) is 0 Å². The highest BCUT2D eigenvalue weighted by Gasteiger charge is 2.40. The fraction of sp³-hybridized carbons (Fsp3) is 0.450. The highest BCUT2D eigenvalue weighted by atomic mass is 19.1. The lowest BCUT2D eigenvalue weighted by atomic mass is 10.0. The second-order valence-corrected chi connectivity index (χ2v) is 7.38. The van der Waals surface area contributed by atoms with Crippen LogP contribution in [-0.4, -0.2) is 53.3 Å². The van der Waals surface area contributed by atoms with Gasteiger partial charge in [-0.25, -0.2) is 9.18 Å². The number of likely N-dealkylation sites (N-methyl/N-ethyl adjacent to an activating group) is 1. The highest BCUT2D eigenvalue weighted by Crippen LogP contribution is 2.40. The lowest BCUT2D eigenvalue weighted by Crippen LogP contribution is -2.52. The zero-order valence-electron chi connectivity index (χ0n) is 15.4. The summed E-state index contributed by atoms with van der Waals surface area (Å²) in [7, 11) is 1.86. The normalized spacial score (nSPS) is 24.4. The fourth-order valence-electron chi connectivity index (χ4n) is 3.80. The Morgan fingerprint density at radius 2 is 2.11 bits per heavy atom. The van der Waals surface area contributed by atoms with E-state index in [1.54, 1.807) is 18.3 Å². The number of amides is 2. The van der Waals surface area contributed by atoms with Crippen molar-refractivity contribution in [3.63, 3.8) is 0 Å². The number of carbonyl (C=O) groups is 1. The first-order valence-corrected chi connectivity index (χ1v) is 9.43. The van der Waals surface area contributed by atoms with Crippen LogP contribution in [0.3, 0.4) is 0 Å². The fourth-order valence-corrected chi connectivity index (χ4v) is 3.80. The average Bonchev–Trinajstić information content (AvgIpc) is 3.47. The SMILES string of the molecule is CN(C(=O)N[C@@H]1CC1c1ccc(F)cc1)C1CCCN(c2cccnn2)C1. The molecular weight excluding hydrogens is 345 g/mol. The topological polar surface area (TPSA) is 61.4 Å². The number of benzene rings is 1. The Morgan fingerprint density at radius 3 is 2.85 bits per heavy atom. The summed E-state index contributed by atoms with van der Waals surface area (Å²) in [4.78, 5) is 16.7. The number of nitrogens with zero attached hydrogens (tertiary/aromatic N) is 4. The molecule has 0 spiro atoms. The second-order valence-electron chi connectivity index (χ2n) is 7.38. The minimum absolute atomic E-state index is 0.0457. The molecule has 3 atom stereocenters. The number of rotatable bonds is 4. The molecule has 1 N–H and O–H groups in total. The van der Waals surface area contributed by atoms with Gasteiger partial charge in [-0.15, -0.1) is 5.10 Å². The number of hydrogen-bond donors (Lipinski definition) is 1. The van der Waals surface area contributed by atoms with Crippen LogP contribution in [0.2, 0.25) is 0 Å². The van der Waals surface area contributed by atoms with E-state index >= 15 is 0 Å². The third-order valence-corrected chi connectivity index (χ3v) is 5.54. The molecule has 0 radical (unpaired) electrons. The maximum absolute atomic E-state index is 13.1. The Labute approximate surface area is 158 Å². The number of carbonyl (C=O) groups excluding carboxylic acids is 1. The largest absolute Gasteiger partial charge is 0.353 e. The van der Waals surface area contributed by atoms with Crippen molar-refractivity contribution in [1.82, 2.24) is 20.4 Å². The molecule has 1 aromatic carbocycles. The maximum atomic E-state index is 13.1. The molecule has 1 saturated carbocycles. The number of halogens is 1. The predicted molar refractivity (Wildman–Crippen MR) is 101 cm³/mol. The molecule has 27 heavy (non-hydrogen) atoms. The van der Waals surface area contributed by atoms with Gasteiger partial charge in [-0.1, -0.05) is 12.1 Å². The highest BCUT2D eigenvalue weighted by molar-refractivity contribution is 5.75. The molecule has 2 amide bonds. The number of anilines is 1. The van der Waals surface area contributed by atoms with Gasteiger partial charge in [0.2, 0.25) is 0 Å². The van der Waals surface area contributed by atoms with Gasteiger partial charge in [-0.05, 0) is 49.1 Å². The van der Waals surface area contributed by atoms with Crippen LogP contribution in [0, 0.1) is 5.82 Å². The van der Waals surface area contributed by atoms with Gasteiger partial charge >= 0.3 is 6.03 Å². The van der Waals surface area contributed by atoms with E-state index in [0.717, 1.165) is 43.7 Å². The number of aromatic nitrogens is 2. The van der Waals surface area contributed by atoms with E-state index in [-0.39, 0.29) is 29.8 Å². The Kier molecular flexibility index (Phi) is 4.92. The molecule has 1 aliphatic heterocycles. The summed E-state index contributed by atoms with van der Waals surface area (Å²) in [6.45, 7) is 1.69. The van der Waals surface area contributed by atoms with Crippen molar-refractivity contribution in [1.29, 1.82) is 0 Å². The van der Waals surface area contributed by atoms with Crippen molar-refractivity contribution in [3.8, 4) is 0 Å². The van der Waals surface area contributed by atoms with E-state index < -0.39 is 0 Å². The Balaban J connectivity index is 1.32. The molecule has 6 nitrogen and oxygen atoms in total. The van der Waals surface area contributed by atoms with E-state index in [1.165, 1.54) is 12.1 Å². The first-order valence-electron chi connectivity index (χ1n) is 9.43. The van der Waals surface area contributed by atoms with Crippen LogP contribution in [0.15, 0.2) is 42.6 Å². The smallest absolute Gasteiger partial charge is 0.317 e. The van der Waals surface area contributed by atoms with Crippen molar-refractivity contribution >= 4 is 11.8 Å². The van der Waals surface area contributed by atoms with Gasteiger partial charge < -0.3 is 15.1 Å². The molecule has 4 rings (SSSR count). The molecule has 1 aliphatic carbocycles. The van der Waals surface area contributed by atoms with Crippen LogP contribution in [0.5, 0.6) is 0 Å². The van der Waals surface area contributed by atoms with E-state index in [9.17, 15) is 9.18 Å². The number of nitrogens with one attached hydrogen (secondary N) is 1. The standard InChI is InChI=1S/C20H24FN5O/c1-25(16-4-3-11-26(13-16)19-5-2-10-22-24-19)20(27)23-18-12-17(18)14-6-8-15(21)9-7-14/h2,5-10,16-18H,3-4,11-13H2,1H3,(H,23,27)/t16?,17?,18-/m1/s1. The zero-order chi connectivity index (χ0) is 18.8. The van der Waals surface area contributed by atoms with E-state index in [2.05, 4.69) is 20.4 Å². The molecule has 7 heteroatoms. The Morgan fingerprint density at radius 1 is 1.30 bits per heavy atom. The first-order chi connectivity index (χ1) is 13.1. The number of hydrogen-bond acceptors (Lipinski definition) is 4. The summed E-state index contributed by atoms with van der Waals surface area (Å²) in [6, 6.07) is 10.6. The third-order valence-electron chi connectivity index (χ3n) is 5.54. The van der Waals surface area contributed by atoms with Crippen molar-refractivity contribution < 1.29 is 9.18 Å². The van der Waals surface area contributed by atoms with Crippen LogP contribution in [0.1, 0.15) is 30.7 Å². The quantitative estimate of drug-likeness (QED) is 0.900. The second kappa shape index (κ2) is 7.50. The van der Waals surface area contributed by atoms with Gasteiger partial charge in [0.25, 0.3) is 0 Å². The molecule has 2 aliphatic rings. The van der Waals surface area contributed by atoms with Crippen LogP contribution in [-0.2, 0) is 0 Å². The zero-order valence-corrected chi connectivity index (χ0v) is 15.4. The molecule has 2 aromatic rings. The van der Waals surface area contributed by atoms with E-state index in [0.29, 0.717) is 0 Å². The molecule has 0 bridgehead atoms. The maximum Gasteiger partial charge on any atom is 0.317 e. The monoisotopic (exact) mass is 369 g/mol. The molecule has 1 aromatic heterocycles. The van der Waals surface area contributed by atoms with Crippen LogP contribution in [0.4, 0.5) is 15.0 Å². The van der Waals surface area contributed by atoms with Crippen molar-refractivity contribution in [2.24, 2.45) is 0 Å². The molecule has 2 unspecified atom stereocenters. The minimum atomic E-state index is -0.232. The number of urea groups is 1. The van der Waals surface area contributed by atoms with Crippen molar-refractivity contribution in [3.05, 3.63) is 54.0 Å². The molecule has 142 valence electrons. The van der Waals surface area contributed by atoms with Crippen LogP contribution in [0.25, 0.3) is 0 Å². The van der Waals surface area contributed by atoms with Crippen LogP contribution >= 0.6 is 0 Å². The summed E-state index contributed by atoms with van der Waals surface area (Å²) >= 11 is 0. The van der Waals surface area contributed by atoms with Gasteiger partial charge in [0.1, 0.15) is 5.82 Å². The molecule has 1 saturated heterocycles. The van der Waals surface area contributed by atoms with Crippen LogP contribution < -0.4 is 10.2 Å². The minimum Gasteiger partial charge on any atom is -0.353 e. The molecular formula is C20H24FN5O. The molecule has 2 heterocycles. The first kappa shape index (κ1) is 17.7. The van der Waals surface area contributed by atoms with Gasteiger partial charge in [0.15, 0.2) is 5.82 Å². The summed E-state index contributed by atoms with van der Waals surface area (Å²) < 4.78 is 13.1. The molecule has 2 fully saturated rings. The lowest BCUT2D eigenvalue weighted by molar-refractivity contribution is 0.182. The number of piperidine rings is 1. The van der Waals surface area contributed by atoms with Gasteiger partial charge in [0, 0.05) is 38.3 Å². The lowest BCUT2D eigenvalue weighted by Gasteiger charge is -2.38. The van der Waals surface area contributed by atoms with Crippen molar-refractivity contribution in [2.45, 2.75) is 37.3 Å². The predicted octanol–water partition coefficient (Wildman–Crippen LogP) is 2.78. The summed E-state index contributed by atoms with van der Waals surface area (Å²) in [5.74, 6) is 0.907. The van der Waals surface area contributed by atoms with Gasteiger partial charge in [0.05, 0.1) is 6.04 Å². The van der Waals surface area contributed by atoms with E-state index in [4.69, 9.17) is 0 Å². The third kappa shape index (κ3) is 4.02. The Bertz CT molecular complexity index is 785. The summed E-state index contributed by atoms with van der Waals surface area (Å²) in [5.41, 5.74) is 1.08. The summed E-state index contributed by atoms with van der Waals surface area (Å²) in [6.07, 6.45) is 4.56. The Hall–Kier alpha value is -2.70. The summed E-state index contributed by atoms with van der Waals surface area (Å²) in [5, 5.41) is 11.2. The van der Waals surface area contributed by atoms with E-state index in [1.807, 2.05) is 24.1 Å². The van der Waals surface area contributed by atoms with Gasteiger partial charge in [-0.2, -0.15) is 5.10 Å².